The molecular formula is C35H27N3. The number of aromatic nitrogens is 3. The number of hydrogen-bond acceptors (Lipinski definition) is 2. The van der Waals surface area contributed by atoms with E-state index in [0.717, 1.165) is 33.8 Å². The first kappa shape index (κ1) is 23.4. The molecule has 6 rings (SSSR count). The van der Waals surface area contributed by atoms with Crippen molar-refractivity contribution in [3.8, 4) is 28.3 Å². The Hall–Kier alpha value is -5.02. The maximum absolute atomic E-state index is 4.95. The van der Waals surface area contributed by atoms with Gasteiger partial charge in [0.2, 0.25) is 0 Å². The van der Waals surface area contributed by atoms with Crippen molar-refractivity contribution in [2.45, 2.75) is 6.92 Å². The lowest BCUT2D eigenvalue weighted by molar-refractivity contribution is 1.15. The molecule has 3 heteroatoms. The Morgan fingerprint density at radius 2 is 1.32 bits per heavy atom. The van der Waals surface area contributed by atoms with Crippen LogP contribution >= 0.6 is 0 Å². The van der Waals surface area contributed by atoms with Gasteiger partial charge in [-0.1, -0.05) is 110 Å². The van der Waals surface area contributed by atoms with Gasteiger partial charge >= 0.3 is 0 Å². The summed E-state index contributed by atoms with van der Waals surface area (Å²) in [4.78, 5) is 9.79. The summed E-state index contributed by atoms with van der Waals surface area (Å²) in [5.74, 6) is 0.685. The molecule has 2 aromatic heterocycles. The summed E-state index contributed by atoms with van der Waals surface area (Å²) in [6.45, 7) is 6.25. The highest BCUT2D eigenvalue weighted by atomic mass is 15.0. The van der Waals surface area contributed by atoms with Gasteiger partial charge in [-0.2, -0.15) is 0 Å². The van der Waals surface area contributed by atoms with E-state index in [0.29, 0.717) is 5.82 Å². The molecule has 38 heavy (non-hydrogen) atoms. The Kier molecular flexibility index (Phi) is 6.25. The Balaban J connectivity index is 1.45. The van der Waals surface area contributed by atoms with E-state index in [1.165, 1.54) is 21.8 Å². The van der Waals surface area contributed by atoms with E-state index in [1.807, 2.05) is 67.6 Å². The van der Waals surface area contributed by atoms with Crippen LogP contribution in [0.5, 0.6) is 0 Å². The molecule has 0 N–H and O–H groups in total. The zero-order chi connectivity index (χ0) is 25.9. The van der Waals surface area contributed by atoms with Gasteiger partial charge in [-0.25, -0.2) is 9.97 Å². The van der Waals surface area contributed by atoms with Crippen molar-refractivity contribution in [1.82, 2.24) is 14.5 Å². The number of allylic oxidation sites excluding steroid dienone is 5. The largest absolute Gasteiger partial charge is 0.309 e. The van der Waals surface area contributed by atoms with Crippen LogP contribution in [0.25, 0.3) is 55.7 Å². The van der Waals surface area contributed by atoms with Crippen molar-refractivity contribution in [3.63, 3.8) is 0 Å². The summed E-state index contributed by atoms with van der Waals surface area (Å²) >= 11 is 0. The molecule has 3 nitrogen and oxygen atoms in total. The van der Waals surface area contributed by atoms with E-state index in [1.54, 1.807) is 0 Å². The van der Waals surface area contributed by atoms with Crippen LogP contribution < -0.4 is 0 Å². The highest BCUT2D eigenvalue weighted by Crippen LogP contribution is 2.33. The van der Waals surface area contributed by atoms with Crippen LogP contribution in [0.4, 0.5) is 0 Å². The van der Waals surface area contributed by atoms with E-state index in [2.05, 4.69) is 83.9 Å². The highest BCUT2D eigenvalue weighted by molar-refractivity contribution is 6.09. The van der Waals surface area contributed by atoms with Gasteiger partial charge < -0.3 is 4.57 Å². The molecule has 0 aliphatic heterocycles. The molecule has 0 amide bonds. The summed E-state index contributed by atoms with van der Waals surface area (Å²) in [7, 11) is 0. The van der Waals surface area contributed by atoms with E-state index < -0.39 is 0 Å². The third kappa shape index (κ3) is 4.35. The van der Waals surface area contributed by atoms with E-state index in [9.17, 15) is 0 Å². The van der Waals surface area contributed by atoms with Gasteiger partial charge in [0.15, 0.2) is 5.82 Å². The first-order valence-electron chi connectivity index (χ1n) is 12.7. The minimum Gasteiger partial charge on any atom is -0.309 e. The van der Waals surface area contributed by atoms with Gasteiger partial charge in [-0.3, -0.25) is 0 Å². The normalized spacial score (nSPS) is 11.7. The molecule has 0 atom stereocenters. The van der Waals surface area contributed by atoms with Crippen LogP contribution in [0.15, 0.2) is 140 Å². The molecule has 0 saturated heterocycles. The maximum Gasteiger partial charge on any atom is 0.160 e. The fourth-order valence-corrected chi connectivity index (χ4v) is 4.83. The van der Waals surface area contributed by atoms with Gasteiger partial charge in [0.05, 0.1) is 22.4 Å². The smallest absolute Gasteiger partial charge is 0.160 e. The molecule has 0 unspecified atom stereocenters. The summed E-state index contributed by atoms with van der Waals surface area (Å²) in [5.41, 5.74) is 8.02. The average Bonchev–Trinajstić information content (AvgIpc) is 3.32. The number of para-hydroxylation sites is 2. The van der Waals surface area contributed by atoms with Gasteiger partial charge in [0.1, 0.15) is 0 Å². The van der Waals surface area contributed by atoms with Gasteiger partial charge in [0, 0.05) is 27.6 Å². The highest BCUT2D eigenvalue weighted by Gasteiger charge is 2.13. The molecular weight excluding hydrogens is 462 g/mol. The van der Waals surface area contributed by atoms with Crippen LogP contribution in [-0.4, -0.2) is 14.5 Å². The standard InChI is InChI=1S/C35H27N3/c1-3-4-6-13-25(2)31-24-32(37-35(36-31)27-14-7-5-8-15-27)26-20-22-28(23-21-26)38-33-18-11-9-16-29(33)30-17-10-12-19-34(30)38/h3-24H,2H2,1H3/b4-3-,13-6-. The summed E-state index contributed by atoms with van der Waals surface area (Å²) in [6, 6.07) is 37.8. The quantitative estimate of drug-likeness (QED) is 0.218. The van der Waals surface area contributed by atoms with Gasteiger partial charge in [0.25, 0.3) is 0 Å². The molecule has 182 valence electrons. The number of fused-ring (bicyclic) bond motifs is 3. The van der Waals surface area contributed by atoms with Gasteiger partial charge in [-0.05, 0) is 42.8 Å². The zero-order valence-electron chi connectivity index (χ0n) is 21.3. The SMILES string of the molecule is C=C(/C=C\C=C/C)c1cc(-c2ccc(-n3c4ccccc4c4ccccc43)cc2)nc(-c2ccccc2)n1. The molecule has 4 aromatic carbocycles. The Morgan fingerprint density at radius 1 is 0.684 bits per heavy atom. The molecule has 0 aliphatic carbocycles. The first-order chi connectivity index (χ1) is 18.7. The number of nitrogens with zero attached hydrogens (tertiary/aromatic N) is 3. The lowest BCUT2D eigenvalue weighted by atomic mass is 10.1. The molecule has 6 aromatic rings. The number of hydrogen-bond donors (Lipinski definition) is 0. The minimum atomic E-state index is 0.685. The Morgan fingerprint density at radius 3 is 1.97 bits per heavy atom. The van der Waals surface area contributed by atoms with Crippen LogP contribution in [0.3, 0.4) is 0 Å². The summed E-state index contributed by atoms with van der Waals surface area (Å²) in [5, 5.41) is 2.51. The molecule has 0 bridgehead atoms. The van der Waals surface area contributed by atoms with Crippen LogP contribution in [0.1, 0.15) is 12.6 Å². The third-order valence-electron chi connectivity index (χ3n) is 6.69. The van der Waals surface area contributed by atoms with Crippen LogP contribution in [0.2, 0.25) is 0 Å². The van der Waals surface area contributed by atoms with E-state index in [4.69, 9.17) is 9.97 Å². The second-order valence-corrected chi connectivity index (χ2v) is 9.15. The average molecular weight is 490 g/mol. The lowest BCUT2D eigenvalue weighted by Crippen LogP contribution is -1.98. The molecule has 0 radical (unpaired) electrons. The predicted octanol–water partition coefficient (Wildman–Crippen LogP) is 9.05. The second kappa shape index (κ2) is 10.2. The van der Waals surface area contributed by atoms with Crippen LogP contribution in [0, 0.1) is 0 Å². The Labute approximate surface area is 222 Å². The molecule has 0 aliphatic rings. The fourth-order valence-electron chi connectivity index (χ4n) is 4.83. The van der Waals surface area contributed by atoms with Crippen molar-refractivity contribution in [2.75, 3.05) is 0 Å². The third-order valence-corrected chi connectivity index (χ3v) is 6.69. The number of benzene rings is 4. The summed E-state index contributed by atoms with van der Waals surface area (Å²) in [6.07, 6.45) is 7.93. The van der Waals surface area contributed by atoms with Crippen LogP contribution in [-0.2, 0) is 0 Å². The van der Waals surface area contributed by atoms with Gasteiger partial charge in [-0.15, -0.1) is 0 Å². The lowest BCUT2D eigenvalue weighted by Gasteiger charge is -2.11. The monoisotopic (exact) mass is 489 g/mol. The first-order valence-corrected chi connectivity index (χ1v) is 12.7. The molecule has 0 spiro atoms. The van der Waals surface area contributed by atoms with Crippen molar-refractivity contribution >= 4 is 27.4 Å². The fraction of sp³-hybridized carbons (Fsp3) is 0.0286. The van der Waals surface area contributed by atoms with E-state index >= 15 is 0 Å². The predicted molar refractivity (Wildman–Crippen MR) is 160 cm³/mol. The van der Waals surface area contributed by atoms with Crippen molar-refractivity contribution < 1.29 is 0 Å². The Bertz CT molecular complexity index is 1770. The zero-order valence-corrected chi connectivity index (χ0v) is 21.3. The molecule has 0 fully saturated rings. The van der Waals surface area contributed by atoms with Crippen molar-refractivity contribution in [3.05, 3.63) is 146 Å². The van der Waals surface area contributed by atoms with Crippen molar-refractivity contribution in [2.24, 2.45) is 0 Å². The van der Waals surface area contributed by atoms with Crippen molar-refractivity contribution in [1.29, 1.82) is 0 Å². The maximum atomic E-state index is 4.95. The second-order valence-electron chi connectivity index (χ2n) is 9.15. The topological polar surface area (TPSA) is 30.7 Å². The van der Waals surface area contributed by atoms with E-state index in [-0.39, 0.29) is 0 Å². The summed E-state index contributed by atoms with van der Waals surface area (Å²) < 4.78 is 2.32. The molecule has 2 heterocycles. The molecule has 0 saturated carbocycles. The minimum absolute atomic E-state index is 0.685. The number of rotatable bonds is 6.